The first kappa shape index (κ1) is 77.5. The molecule has 0 aromatic carbocycles. The van der Waals surface area contributed by atoms with Crippen molar-refractivity contribution in [1.29, 1.82) is 0 Å². The summed E-state index contributed by atoms with van der Waals surface area (Å²) in [6, 6.07) is 0. The van der Waals surface area contributed by atoms with Crippen LogP contribution in [0.25, 0.3) is 0 Å². The van der Waals surface area contributed by atoms with E-state index < -0.39 is 6.10 Å². The second-order valence-electron chi connectivity index (χ2n) is 22.3. The molecular weight excluding hydrogens is 1010 g/mol. The van der Waals surface area contributed by atoms with E-state index in [0.717, 1.165) is 135 Å². The molecule has 0 radical (unpaired) electrons. The highest BCUT2D eigenvalue weighted by molar-refractivity contribution is 5.71. The van der Waals surface area contributed by atoms with Crippen molar-refractivity contribution in [1.82, 2.24) is 0 Å². The Morgan fingerprint density at radius 1 is 0.256 bits per heavy atom. The predicted octanol–water partition coefficient (Wildman–Crippen LogP) is 23.7. The van der Waals surface area contributed by atoms with E-state index in [2.05, 4.69) is 154 Å². The number of hydrogen-bond donors (Lipinski definition) is 0. The summed E-state index contributed by atoms with van der Waals surface area (Å²) in [4.78, 5) is 38.2. The van der Waals surface area contributed by atoms with Crippen molar-refractivity contribution in [3.05, 3.63) is 134 Å². The zero-order chi connectivity index (χ0) is 59.2. The van der Waals surface area contributed by atoms with E-state index in [0.29, 0.717) is 19.3 Å². The topological polar surface area (TPSA) is 78.9 Å². The minimum Gasteiger partial charge on any atom is -0.462 e. The third-order valence-electron chi connectivity index (χ3n) is 14.4. The van der Waals surface area contributed by atoms with Crippen LogP contribution >= 0.6 is 0 Å². The van der Waals surface area contributed by atoms with Crippen LogP contribution in [-0.4, -0.2) is 37.2 Å². The van der Waals surface area contributed by atoms with Gasteiger partial charge in [0.15, 0.2) is 6.10 Å². The number of unbranched alkanes of at least 4 members (excludes halogenated alkanes) is 28. The lowest BCUT2D eigenvalue weighted by atomic mass is 10.0. The molecule has 0 rings (SSSR count). The molecule has 0 heterocycles. The fourth-order valence-corrected chi connectivity index (χ4v) is 9.36. The van der Waals surface area contributed by atoms with Crippen molar-refractivity contribution in [3.8, 4) is 0 Å². The van der Waals surface area contributed by atoms with Crippen LogP contribution in [0.3, 0.4) is 0 Å². The molecule has 0 fully saturated rings. The van der Waals surface area contributed by atoms with E-state index >= 15 is 0 Å². The molecular formula is C76H126O6. The molecule has 0 spiro atoms. The molecule has 0 aliphatic heterocycles. The first-order valence-electron chi connectivity index (χ1n) is 34.2. The maximum Gasteiger partial charge on any atom is 0.306 e. The van der Waals surface area contributed by atoms with Crippen molar-refractivity contribution in [2.45, 2.75) is 316 Å². The Balaban J connectivity index is 4.18. The lowest BCUT2D eigenvalue weighted by molar-refractivity contribution is -0.167. The van der Waals surface area contributed by atoms with Crippen molar-refractivity contribution in [2.75, 3.05) is 13.2 Å². The van der Waals surface area contributed by atoms with Gasteiger partial charge < -0.3 is 14.2 Å². The molecule has 0 saturated carbocycles. The number of allylic oxidation sites excluding steroid dienone is 22. The van der Waals surface area contributed by atoms with Crippen LogP contribution in [-0.2, 0) is 28.6 Å². The Bertz CT molecular complexity index is 1730. The van der Waals surface area contributed by atoms with E-state index in [4.69, 9.17) is 14.2 Å². The Morgan fingerprint density at radius 3 is 0.744 bits per heavy atom. The maximum absolute atomic E-state index is 12.9. The molecule has 0 aromatic rings. The zero-order valence-corrected chi connectivity index (χ0v) is 53.5. The van der Waals surface area contributed by atoms with Crippen molar-refractivity contribution in [2.24, 2.45) is 0 Å². The first-order valence-corrected chi connectivity index (χ1v) is 34.2. The normalized spacial score (nSPS) is 13.0. The molecule has 0 N–H and O–H groups in total. The molecule has 6 nitrogen and oxygen atoms in total. The highest BCUT2D eigenvalue weighted by Gasteiger charge is 2.19. The summed E-state index contributed by atoms with van der Waals surface area (Å²) in [5.74, 6) is -0.887. The van der Waals surface area contributed by atoms with Crippen LogP contribution < -0.4 is 0 Å². The van der Waals surface area contributed by atoms with Crippen LogP contribution in [0.15, 0.2) is 134 Å². The van der Waals surface area contributed by atoms with Gasteiger partial charge in [0.2, 0.25) is 0 Å². The van der Waals surface area contributed by atoms with E-state index in [1.165, 1.54) is 135 Å². The van der Waals surface area contributed by atoms with Gasteiger partial charge in [-0.2, -0.15) is 0 Å². The van der Waals surface area contributed by atoms with E-state index in [-0.39, 0.29) is 31.1 Å². The Morgan fingerprint density at radius 2 is 0.476 bits per heavy atom. The van der Waals surface area contributed by atoms with Gasteiger partial charge in [0.25, 0.3) is 0 Å². The number of ether oxygens (including phenoxy) is 3. The Kier molecular flexibility index (Phi) is 65.3. The van der Waals surface area contributed by atoms with Gasteiger partial charge in [-0.25, -0.2) is 0 Å². The van der Waals surface area contributed by atoms with E-state index in [1.54, 1.807) is 0 Å². The molecule has 0 aromatic heterocycles. The van der Waals surface area contributed by atoms with Gasteiger partial charge in [0, 0.05) is 19.3 Å². The van der Waals surface area contributed by atoms with Crippen molar-refractivity contribution < 1.29 is 28.6 Å². The molecule has 82 heavy (non-hydrogen) atoms. The van der Waals surface area contributed by atoms with Gasteiger partial charge in [0.05, 0.1) is 0 Å². The fourth-order valence-electron chi connectivity index (χ4n) is 9.36. The highest BCUT2D eigenvalue weighted by Crippen LogP contribution is 2.16. The largest absolute Gasteiger partial charge is 0.462 e. The number of hydrogen-bond acceptors (Lipinski definition) is 6. The third-order valence-corrected chi connectivity index (χ3v) is 14.4. The Labute approximate surface area is 506 Å². The quantitative estimate of drug-likeness (QED) is 0.0261. The zero-order valence-electron chi connectivity index (χ0n) is 53.5. The van der Waals surface area contributed by atoms with Crippen LogP contribution in [0.5, 0.6) is 0 Å². The summed E-state index contributed by atoms with van der Waals surface area (Å²) in [5.41, 5.74) is 0. The number of carbonyl (C=O) groups excluding carboxylic acids is 3. The average molecular weight is 1140 g/mol. The number of esters is 3. The van der Waals surface area contributed by atoms with Gasteiger partial charge in [-0.05, 0) is 116 Å². The SMILES string of the molecule is CC/C=C\C/C=C\C/C=C\C/C=C\C/C=C\C/C=C\C/C=C\CCCCCCCCCCCC(=O)OCC(COC(=O)CCCCCCCCCC)OC(=O)CCCCCCCCCCCCCC/C=C\C/C=C\C/C=C\C/C=C\CC. The summed E-state index contributed by atoms with van der Waals surface area (Å²) in [7, 11) is 0. The molecule has 1 unspecified atom stereocenters. The number of carbonyl (C=O) groups is 3. The van der Waals surface area contributed by atoms with Crippen LogP contribution in [0.2, 0.25) is 0 Å². The molecule has 0 aliphatic carbocycles. The Hall–Kier alpha value is -4.45. The summed E-state index contributed by atoms with van der Waals surface area (Å²) < 4.78 is 16.9. The summed E-state index contributed by atoms with van der Waals surface area (Å²) in [6.45, 7) is 6.40. The molecule has 0 aliphatic rings. The number of rotatable bonds is 61. The predicted molar refractivity (Wildman–Crippen MR) is 357 cm³/mol. The second kappa shape index (κ2) is 69.0. The molecule has 6 heteroatoms. The van der Waals surface area contributed by atoms with Gasteiger partial charge in [-0.15, -0.1) is 0 Å². The minimum absolute atomic E-state index is 0.0807. The maximum atomic E-state index is 12.9. The summed E-state index contributed by atoms with van der Waals surface area (Å²) in [5, 5.41) is 0. The van der Waals surface area contributed by atoms with Crippen molar-refractivity contribution in [3.63, 3.8) is 0 Å². The molecule has 0 saturated heterocycles. The van der Waals surface area contributed by atoms with Gasteiger partial charge >= 0.3 is 17.9 Å². The van der Waals surface area contributed by atoms with E-state index in [9.17, 15) is 14.4 Å². The summed E-state index contributed by atoms with van der Waals surface area (Å²) in [6.07, 6.45) is 97.7. The van der Waals surface area contributed by atoms with Crippen LogP contribution in [0, 0.1) is 0 Å². The standard InChI is InChI=1S/C76H126O6/c1-4-7-10-13-16-19-21-23-25-27-29-31-33-35-36-37-38-39-40-42-43-45-47-49-51-53-55-57-60-63-66-69-75(78)81-72-73(71-80-74(77)68-65-62-59-18-15-12-9-6-3)82-76(79)70-67-64-61-58-56-54-52-50-48-46-44-41-34-32-30-28-26-24-22-20-17-14-11-8-5-2/h7-8,10-11,16-17,19-20,23-26,29-32,35-36,38-39,42-43,73H,4-6,9,12-15,18,21-22,27-28,33-34,37,40-41,44-72H2,1-3H3/b10-7-,11-8-,19-16-,20-17-,25-23-,26-24-,31-29-,32-30-,36-35-,39-38-,43-42-. The van der Waals surface area contributed by atoms with Gasteiger partial charge in [0.1, 0.15) is 13.2 Å². The highest BCUT2D eigenvalue weighted by atomic mass is 16.6. The van der Waals surface area contributed by atoms with Gasteiger partial charge in [-0.1, -0.05) is 309 Å². The second-order valence-corrected chi connectivity index (χ2v) is 22.3. The smallest absolute Gasteiger partial charge is 0.306 e. The summed E-state index contributed by atoms with van der Waals surface area (Å²) >= 11 is 0. The first-order chi connectivity index (χ1) is 40.5. The monoisotopic (exact) mass is 1130 g/mol. The van der Waals surface area contributed by atoms with Crippen molar-refractivity contribution >= 4 is 17.9 Å². The lowest BCUT2D eigenvalue weighted by Crippen LogP contribution is -2.30. The molecule has 1 atom stereocenters. The molecule has 0 amide bonds. The molecule has 466 valence electrons. The fraction of sp³-hybridized carbons (Fsp3) is 0.671. The molecule has 0 bridgehead atoms. The lowest BCUT2D eigenvalue weighted by Gasteiger charge is -2.18. The minimum atomic E-state index is -0.784. The van der Waals surface area contributed by atoms with E-state index in [1.807, 2.05) is 0 Å². The third kappa shape index (κ3) is 66.4. The van der Waals surface area contributed by atoms with Gasteiger partial charge in [-0.3, -0.25) is 14.4 Å². The average Bonchev–Trinajstić information content (AvgIpc) is 3.47. The van der Waals surface area contributed by atoms with Crippen LogP contribution in [0.1, 0.15) is 310 Å². The van der Waals surface area contributed by atoms with Crippen LogP contribution in [0.4, 0.5) is 0 Å².